The molecule has 160 valence electrons. The third kappa shape index (κ3) is 5.45. The Labute approximate surface area is 182 Å². The molecule has 2 aromatic rings. The number of nitrogens with zero attached hydrogens (tertiary/aromatic N) is 1. The number of amides is 2. The number of carbonyl (C=O) groups is 2. The van der Waals surface area contributed by atoms with Gasteiger partial charge < -0.3 is 19.7 Å². The predicted octanol–water partition coefficient (Wildman–Crippen LogP) is 4.83. The summed E-state index contributed by atoms with van der Waals surface area (Å²) < 4.78 is 11.5. The van der Waals surface area contributed by atoms with Gasteiger partial charge in [0.2, 0.25) is 0 Å². The molecule has 0 aromatic heterocycles. The molecule has 0 saturated carbocycles. The molecular formula is C23H27ClN2O4. The van der Waals surface area contributed by atoms with E-state index in [0.29, 0.717) is 35.2 Å². The molecule has 0 saturated heterocycles. The normalized spacial score (nSPS) is 13.8. The van der Waals surface area contributed by atoms with E-state index in [1.165, 1.54) is 5.56 Å². The first-order valence-corrected chi connectivity index (χ1v) is 10.3. The van der Waals surface area contributed by atoms with Gasteiger partial charge >= 0.3 is 6.09 Å². The number of fused-ring (bicyclic) bond motifs is 1. The van der Waals surface area contributed by atoms with E-state index in [-0.39, 0.29) is 12.0 Å². The summed E-state index contributed by atoms with van der Waals surface area (Å²) in [6.45, 7) is 6.82. The van der Waals surface area contributed by atoms with Gasteiger partial charge in [-0.3, -0.25) is 4.79 Å². The van der Waals surface area contributed by atoms with Crippen molar-refractivity contribution < 1.29 is 19.1 Å². The van der Waals surface area contributed by atoms with E-state index in [1.54, 1.807) is 30.1 Å². The van der Waals surface area contributed by atoms with Crippen molar-refractivity contribution in [3.05, 3.63) is 58.1 Å². The second-order valence-corrected chi connectivity index (χ2v) is 8.63. The van der Waals surface area contributed by atoms with Crippen LogP contribution < -0.4 is 10.1 Å². The van der Waals surface area contributed by atoms with Crippen molar-refractivity contribution in [2.75, 3.05) is 20.1 Å². The molecule has 1 aliphatic heterocycles. The van der Waals surface area contributed by atoms with E-state index >= 15 is 0 Å². The van der Waals surface area contributed by atoms with E-state index in [1.807, 2.05) is 39.0 Å². The van der Waals surface area contributed by atoms with Gasteiger partial charge in [-0.2, -0.15) is 0 Å². The Hall–Kier alpha value is -2.73. The Kier molecular flexibility index (Phi) is 6.56. The number of hydrogen-bond donors (Lipinski definition) is 1. The molecule has 0 atom stereocenters. The number of nitrogens with one attached hydrogen (secondary N) is 1. The monoisotopic (exact) mass is 430 g/mol. The van der Waals surface area contributed by atoms with Crippen LogP contribution in [0.3, 0.4) is 0 Å². The lowest BCUT2D eigenvalue weighted by molar-refractivity contribution is 0.0258. The maximum Gasteiger partial charge on any atom is 0.410 e. The van der Waals surface area contributed by atoms with Gasteiger partial charge in [0.1, 0.15) is 17.1 Å². The number of benzene rings is 2. The molecule has 0 fully saturated rings. The highest BCUT2D eigenvalue weighted by atomic mass is 35.5. The summed E-state index contributed by atoms with van der Waals surface area (Å²) in [6.07, 6.45) is 1.20. The summed E-state index contributed by atoms with van der Waals surface area (Å²) in [5.74, 6) is 0.936. The average Bonchev–Trinajstić information content (AvgIpc) is 2.90. The first-order chi connectivity index (χ1) is 14.2. The minimum absolute atomic E-state index is 0.206. The van der Waals surface area contributed by atoms with E-state index in [9.17, 15) is 9.59 Å². The quantitative estimate of drug-likeness (QED) is 0.757. The first kappa shape index (κ1) is 22.0. The fourth-order valence-corrected chi connectivity index (χ4v) is 3.49. The van der Waals surface area contributed by atoms with Gasteiger partial charge in [0.25, 0.3) is 5.91 Å². The van der Waals surface area contributed by atoms with Crippen LogP contribution in [-0.4, -0.2) is 42.6 Å². The molecule has 1 aliphatic rings. The van der Waals surface area contributed by atoms with Crippen molar-refractivity contribution in [3.63, 3.8) is 0 Å². The molecule has 0 aliphatic carbocycles. The Morgan fingerprint density at radius 1 is 1.03 bits per heavy atom. The number of carbonyl (C=O) groups excluding carboxylic acids is 2. The first-order valence-electron chi connectivity index (χ1n) is 9.95. The maximum atomic E-state index is 12.4. The molecule has 2 amide bonds. The van der Waals surface area contributed by atoms with Crippen molar-refractivity contribution in [2.24, 2.45) is 0 Å². The minimum Gasteiger partial charge on any atom is -0.456 e. The summed E-state index contributed by atoms with van der Waals surface area (Å²) in [5, 5.41) is 2.93. The summed E-state index contributed by atoms with van der Waals surface area (Å²) in [4.78, 5) is 25.9. The van der Waals surface area contributed by atoms with Crippen LogP contribution in [0.25, 0.3) is 0 Å². The number of hydrogen-bond acceptors (Lipinski definition) is 4. The summed E-state index contributed by atoms with van der Waals surface area (Å²) in [7, 11) is 1.57. The second kappa shape index (κ2) is 8.96. The smallest absolute Gasteiger partial charge is 0.410 e. The standard InChI is InChI=1S/C23H27ClN2O4/c1-23(2,3)30-22(28)26-11-9-15-5-7-18(13-16(15)10-12-26)29-20-8-6-17(14-19(20)24)21(27)25-4/h5-8,13-14H,9-12H2,1-4H3,(H,25,27). The maximum absolute atomic E-state index is 12.4. The lowest BCUT2D eigenvalue weighted by atomic mass is 10.0. The number of rotatable bonds is 3. The van der Waals surface area contributed by atoms with Gasteiger partial charge in [0, 0.05) is 25.7 Å². The zero-order valence-electron chi connectivity index (χ0n) is 17.8. The van der Waals surface area contributed by atoms with Crippen molar-refractivity contribution in [3.8, 4) is 11.5 Å². The van der Waals surface area contributed by atoms with Crippen molar-refractivity contribution in [1.29, 1.82) is 0 Å². The molecular weight excluding hydrogens is 404 g/mol. The fraction of sp³-hybridized carbons (Fsp3) is 0.391. The van der Waals surface area contributed by atoms with E-state index in [2.05, 4.69) is 5.32 Å². The Morgan fingerprint density at radius 3 is 2.37 bits per heavy atom. The van der Waals surface area contributed by atoms with Crippen molar-refractivity contribution >= 4 is 23.6 Å². The third-order valence-corrected chi connectivity index (χ3v) is 5.08. The van der Waals surface area contributed by atoms with E-state index < -0.39 is 5.60 Å². The average molecular weight is 431 g/mol. The number of ether oxygens (including phenoxy) is 2. The Morgan fingerprint density at radius 2 is 1.73 bits per heavy atom. The molecule has 2 aromatic carbocycles. The topological polar surface area (TPSA) is 67.9 Å². The second-order valence-electron chi connectivity index (χ2n) is 8.22. The predicted molar refractivity (Wildman–Crippen MR) is 117 cm³/mol. The van der Waals surface area contributed by atoms with Crippen LogP contribution in [0, 0.1) is 0 Å². The zero-order chi connectivity index (χ0) is 21.9. The van der Waals surface area contributed by atoms with Gasteiger partial charge in [-0.15, -0.1) is 0 Å². The fourth-order valence-electron chi connectivity index (χ4n) is 3.27. The molecule has 6 nitrogen and oxygen atoms in total. The summed E-state index contributed by atoms with van der Waals surface area (Å²) in [5.41, 5.74) is 2.29. The van der Waals surface area contributed by atoms with Crippen LogP contribution in [0.5, 0.6) is 11.5 Å². The van der Waals surface area contributed by atoms with Crippen LogP contribution in [0.15, 0.2) is 36.4 Å². The Balaban J connectivity index is 1.71. The molecule has 3 rings (SSSR count). The van der Waals surface area contributed by atoms with Crippen molar-refractivity contribution in [1.82, 2.24) is 10.2 Å². The largest absolute Gasteiger partial charge is 0.456 e. The van der Waals surface area contributed by atoms with Gasteiger partial charge in [0.05, 0.1) is 5.02 Å². The molecule has 30 heavy (non-hydrogen) atoms. The van der Waals surface area contributed by atoms with Crippen molar-refractivity contribution in [2.45, 2.75) is 39.2 Å². The Bertz CT molecular complexity index is 953. The van der Waals surface area contributed by atoms with Crippen LogP contribution in [0.2, 0.25) is 5.02 Å². The molecule has 0 radical (unpaired) electrons. The summed E-state index contributed by atoms with van der Waals surface area (Å²) >= 11 is 6.29. The molecule has 0 unspecified atom stereocenters. The molecule has 1 heterocycles. The van der Waals surface area contributed by atoms with E-state index in [4.69, 9.17) is 21.1 Å². The highest BCUT2D eigenvalue weighted by Crippen LogP contribution is 2.32. The SMILES string of the molecule is CNC(=O)c1ccc(Oc2ccc3c(c2)CCN(C(=O)OC(C)(C)C)CC3)c(Cl)c1. The molecule has 0 spiro atoms. The molecule has 7 heteroatoms. The van der Waals surface area contributed by atoms with Gasteiger partial charge in [-0.1, -0.05) is 17.7 Å². The van der Waals surface area contributed by atoms with Gasteiger partial charge in [0.15, 0.2) is 0 Å². The van der Waals surface area contributed by atoms with Gasteiger partial charge in [-0.05, 0) is 75.1 Å². The highest BCUT2D eigenvalue weighted by Gasteiger charge is 2.24. The van der Waals surface area contributed by atoms with Gasteiger partial charge in [-0.25, -0.2) is 4.79 Å². The highest BCUT2D eigenvalue weighted by molar-refractivity contribution is 6.32. The lowest BCUT2D eigenvalue weighted by Gasteiger charge is -2.26. The minimum atomic E-state index is -0.510. The van der Waals surface area contributed by atoms with Crippen LogP contribution in [0.4, 0.5) is 4.79 Å². The molecule has 1 N–H and O–H groups in total. The summed E-state index contributed by atoms with van der Waals surface area (Å²) in [6, 6.07) is 10.8. The number of halogens is 1. The lowest BCUT2D eigenvalue weighted by Crippen LogP contribution is -2.38. The van der Waals surface area contributed by atoms with Crippen LogP contribution >= 0.6 is 11.6 Å². The van der Waals surface area contributed by atoms with Crippen LogP contribution in [-0.2, 0) is 17.6 Å². The van der Waals surface area contributed by atoms with E-state index in [0.717, 1.165) is 18.4 Å². The third-order valence-electron chi connectivity index (χ3n) is 4.78. The molecule has 0 bridgehead atoms. The zero-order valence-corrected chi connectivity index (χ0v) is 18.5. The van der Waals surface area contributed by atoms with Crippen LogP contribution in [0.1, 0.15) is 42.3 Å².